The van der Waals surface area contributed by atoms with Gasteiger partial charge in [0.1, 0.15) is 5.82 Å². The SMILES string of the molecule is CCCC(C)C(N)Cc1nccn1C. The van der Waals surface area contributed by atoms with E-state index < -0.39 is 0 Å². The van der Waals surface area contributed by atoms with Crippen LogP contribution in [-0.2, 0) is 13.5 Å². The maximum Gasteiger partial charge on any atom is 0.109 e. The first-order valence-corrected chi connectivity index (χ1v) is 5.37. The van der Waals surface area contributed by atoms with Crippen LogP contribution in [0.5, 0.6) is 0 Å². The summed E-state index contributed by atoms with van der Waals surface area (Å²) in [5, 5.41) is 0. The van der Waals surface area contributed by atoms with Crippen molar-refractivity contribution in [2.24, 2.45) is 18.7 Å². The van der Waals surface area contributed by atoms with E-state index in [1.54, 1.807) is 0 Å². The van der Waals surface area contributed by atoms with Crippen LogP contribution in [-0.4, -0.2) is 15.6 Å². The highest BCUT2D eigenvalue weighted by Crippen LogP contribution is 2.12. The number of aromatic nitrogens is 2. The predicted molar refractivity (Wildman–Crippen MR) is 59.0 cm³/mol. The Balaban J connectivity index is 2.48. The zero-order valence-corrected chi connectivity index (χ0v) is 9.40. The van der Waals surface area contributed by atoms with Crippen molar-refractivity contribution in [2.75, 3.05) is 0 Å². The van der Waals surface area contributed by atoms with E-state index in [0.717, 1.165) is 12.2 Å². The molecule has 3 heteroatoms. The van der Waals surface area contributed by atoms with Gasteiger partial charge in [0, 0.05) is 31.9 Å². The van der Waals surface area contributed by atoms with Crippen LogP contribution in [0, 0.1) is 5.92 Å². The zero-order valence-electron chi connectivity index (χ0n) is 9.40. The van der Waals surface area contributed by atoms with Crippen molar-refractivity contribution in [1.29, 1.82) is 0 Å². The summed E-state index contributed by atoms with van der Waals surface area (Å²) in [5.41, 5.74) is 6.11. The lowest BCUT2D eigenvalue weighted by Gasteiger charge is -2.18. The molecule has 1 aromatic rings. The zero-order chi connectivity index (χ0) is 10.6. The minimum atomic E-state index is 0.232. The summed E-state index contributed by atoms with van der Waals surface area (Å²) in [5.74, 6) is 1.66. The van der Waals surface area contributed by atoms with E-state index in [9.17, 15) is 0 Å². The van der Waals surface area contributed by atoms with Crippen LogP contribution in [0.2, 0.25) is 0 Å². The van der Waals surface area contributed by atoms with Gasteiger partial charge in [-0.15, -0.1) is 0 Å². The Morgan fingerprint density at radius 2 is 2.29 bits per heavy atom. The molecule has 1 heterocycles. The summed E-state index contributed by atoms with van der Waals surface area (Å²) in [7, 11) is 2.01. The van der Waals surface area contributed by atoms with Crippen LogP contribution >= 0.6 is 0 Å². The number of nitrogens with two attached hydrogens (primary N) is 1. The number of rotatable bonds is 5. The highest BCUT2D eigenvalue weighted by atomic mass is 15.0. The molecule has 0 saturated heterocycles. The summed E-state index contributed by atoms with van der Waals surface area (Å²) >= 11 is 0. The smallest absolute Gasteiger partial charge is 0.109 e. The third kappa shape index (κ3) is 2.84. The molecular formula is C11H21N3. The Labute approximate surface area is 86.3 Å². The molecule has 1 rings (SSSR count). The molecule has 2 N–H and O–H groups in total. The van der Waals surface area contributed by atoms with E-state index in [1.807, 2.05) is 24.0 Å². The molecule has 0 fully saturated rings. The van der Waals surface area contributed by atoms with Crippen LogP contribution in [0.3, 0.4) is 0 Å². The van der Waals surface area contributed by atoms with Crippen molar-refractivity contribution < 1.29 is 0 Å². The molecule has 0 amide bonds. The van der Waals surface area contributed by atoms with Crippen molar-refractivity contribution in [3.8, 4) is 0 Å². The number of aryl methyl sites for hydroxylation is 1. The molecule has 2 unspecified atom stereocenters. The molecule has 2 atom stereocenters. The Kier molecular flexibility index (Phi) is 4.14. The average Bonchev–Trinajstić information content (AvgIpc) is 2.52. The monoisotopic (exact) mass is 195 g/mol. The first-order chi connectivity index (χ1) is 6.65. The molecule has 14 heavy (non-hydrogen) atoms. The summed E-state index contributed by atoms with van der Waals surface area (Å²) < 4.78 is 2.04. The topological polar surface area (TPSA) is 43.8 Å². The number of imidazole rings is 1. The van der Waals surface area contributed by atoms with Gasteiger partial charge in [0.2, 0.25) is 0 Å². The lowest BCUT2D eigenvalue weighted by atomic mass is 9.95. The number of hydrogen-bond donors (Lipinski definition) is 1. The van der Waals surface area contributed by atoms with E-state index in [0.29, 0.717) is 5.92 Å². The molecule has 0 aliphatic carbocycles. The summed E-state index contributed by atoms with van der Waals surface area (Å²) in [6, 6.07) is 0.232. The van der Waals surface area contributed by atoms with E-state index in [-0.39, 0.29) is 6.04 Å². The normalized spacial score (nSPS) is 15.4. The number of hydrogen-bond acceptors (Lipinski definition) is 2. The van der Waals surface area contributed by atoms with Crippen molar-refractivity contribution in [3.63, 3.8) is 0 Å². The van der Waals surface area contributed by atoms with Gasteiger partial charge in [-0.1, -0.05) is 20.3 Å². The van der Waals surface area contributed by atoms with Crippen molar-refractivity contribution in [2.45, 2.75) is 39.2 Å². The summed E-state index contributed by atoms with van der Waals surface area (Å²) in [6.07, 6.45) is 7.07. The lowest BCUT2D eigenvalue weighted by Crippen LogP contribution is -2.31. The van der Waals surface area contributed by atoms with Gasteiger partial charge in [-0.05, 0) is 12.3 Å². The average molecular weight is 195 g/mol. The predicted octanol–water partition coefficient (Wildman–Crippen LogP) is 1.73. The molecule has 0 saturated carbocycles. The fourth-order valence-corrected chi connectivity index (χ4v) is 1.67. The Morgan fingerprint density at radius 3 is 2.79 bits per heavy atom. The van der Waals surface area contributed by atoms with Crippen molar-refractivity contribution in [1.82, 2.24) is 9.55 Å². The molecule has 0 spiro atoms. The molecule has 80 valence electrons. The fourth-order valence-electron chi connectivity index (χ4n) is 1.67. The highest BCUT2D eigenvalue weighted by Gasteiger charge is 2.14. The minimum absolute atomic E-state index is 0.232. The molecule has 0 aliphatic rings. The van der Waals surface area contributed by atoms with Gasteiger partial charge in [0.05, 0.1) is 0 Å². The van der Waals surface area contributed by atoms with E-state index in [1.165, 1.54) is 12.8 Å². The van der Waals surface area contributed by atoms with Crippen LogP contribution in [0.25, 0.3) is 0 Å². The maximum absolute atomic E-state index is 6.11. The van der Waals surface area contributed by atoms with E-state index in [4.69, 9.17) is 5.73 Å². The standard InChI is InChI=1S/C11H21N3/c1-4-5-9(2)10(12)8-11-13-6-7-14(11)3/h6-7,9-10H,4-5,8,12H2,1-3H3. The first-order valence-electron chi connectivity index (χ1n) is 5.37. The summed E-state index contributed by atoms with van der Waals surface area (Å²) in [6.45, 7) is 4.42. The Hall–Kier alpha value is -0.830. The van der Waals surface area contributed by atoms with Gasteiger partial charge in [-0.3, -0.25) is 0 Å². The minimum Gasteiger partial charge on any atom is -0.338 e. The van der Waals surface area contributed by atoms with Gasteiger partial charge in [-0.2, -0.15) is 0 Å². The number of nitrogens with zero attached hydrogens (tertiary/aromatic N) is 2. The van der Waals surface area contributed by atoms with Crippen LogP contribution in [0.15, 0.2) is 12.4 Å². The quantitative estimate of drug-likeness (QED) is 0.777. The van der Waals surface area contributed by atoms with Gasteiger partial charge in [0.25, 0.3) is 0 Å². The third-order valence-corrected chi connectivity index (χ3v) is 2.81. The second kappa shape index (κ2) is 5.15. The fraction of sp³-hybridized carbons (Fsp3) is 0.727. The van der Waals surface area contributed by atoms with Gasteiger partial charge < -0.3 is 10.3 Å². The lowest BCUT2D eigenvalue weighted by molar-refractivity contribution is 0.411. The second-order valence-corrected chi connectivity index (χ2v) is 4.09. The Bertz CT molecular complexity index is 267. The third-order valence-electron chi connectivity index (χ3n) is 2.81. The van der Waals surface area contributed by atoms with E-state index in [2.05, 4.69) is 18.8 Å². The van der Waals surface area contributed by atoms with E-state index >= 15 is 0 Å². The largest absolute Gasteiger partial charge is 0.338 e. The van der Waals surface area contributed by atoms with Gasteiger partial charge >= 0.3 is 0 Å². The van der Waals surface area contributed by atoms with Crippen LogP contribution in [0.4, 0.5) is 0 Å². The molecular weight excluding hydrogens is 174 g/mol. The van der Waals surface area contributed by atoms with Crippen LogP contribution < -0.4 is 5.73 Å². The molecule has 3 nitrogen and oxygen atoms in total. The van der Waals surface area contributed by atoms with Crippen LogP contribution in [0.1, 0.15) is 32.5 Å². The second-order valence-electron chi connectivity index (χ2n) is 4.09. The highest BCUT2D eigenvalue weighted by molar-refractivity contribution is 4.94. The first kappa shape index (κ1) is 11.2. The van der Waals surface area contributed by atoms with Gasteiger partial charge in [0.15, 0.2) is 0 Å². The van der Waals surface area contributed by atoms with Gasteiger partial charge in [-0.25, -0.2) is 4.98 Å². The molecule has 0 aromatic carbocycles. The van der Waals surface area contributed by atoms with Crippen molar-refractivity contribution >= 4 is 0 Å². The molecule has 0 aliphatic heterocycles. The maximum atomic E-state index is 6.11. The molecule has 0 bridgehead atoms. The Morgan fingerprint density at radius 1 is 1.57 bits per heavy atom. The summed E-state index contributed by atoms with van der Waals surface area (Å²) in [4.78, 5) is 4.28. The molecule has 0 radical (unpaired) electrons. The molecule has 1 aromatic heterocycles. The van der Waals surface area contributed by atoms with Crippen molar-refractivity contribution in [3.05, 3.63) is 18.2 Å².